The zero-order valence-electron chi connectivity index (χ0n) is 23.9. The summed E-state index contributed by atoms with van der Waals surface area (Å²) in [5.74, 6) is 0.619. The highest BCUT2D eigenvalue weighted by atomic mass is 16.7. The zero-order valence-corrected chi connectivity index (χ0v) is 23.9. The topological polar surface area (TPSA) is 115 Å². The summed E-state index contributed by atoms with van der Waals surface area (Å²) >= 11 is 0. The van der Waals surface area contributed by atoms with Gasteiger partial charge in [0.2, 0.25) is 11.9 Å². The van der Waals surface area contributed by atoms with Crippen LogP contribution in [-0.2, 0) is 18.8 Å². The molecule has 2 aliphatic heterocycles. The first-order valence-electron chi connectivity index (χ1n) is 13.3. The van der Waals surface area contributed by atoms with Gasteiger partial charge < -0.3 is 29.6 Å². The fraction of sp³-hybridized carbons (Fsp3) is 0.769. The maximum Gasteiger partial charge on any atom is 0.498 e. The third-order valence-corrected chi connectivity index (χ3v) is 7.17. The Bertz CT molecular complexity index is 932. The van der Waals surface area contributed by atoms with Crippen molar-refractivity contribution in [1.82, 2.24) is 20.6 Å². The molecule has 0 unspecified atom stereocenters. The molecule has 10 nitrogen and oxygen atoms in total. The Kier molecular flexibility index (Phi) is 8.79. The van der Waals surface area contributed by atoms with Gasteiger partial charge in [-0.25, -0.2) is 14.8 Å². The normalized spacial score (nSPS) is 22.1. The Balaban J connectivity index is 1.54. The number of alkyl carbamates (subject to hydrolysis) is 1. The number of hydrogen-bond acceptors (Lipinski definition) is 8. The molecule has 2 atom stereocenters. The quantitative estimate of drug-likeness (QED) is 0.531. The molecule has 0 spiro atoms. The van der Waals surface area contributed by atoms with Crippen LogP contribution in [0.3, 0.4) is 0 Å². The van der Waals surface area contributed by atoms with E-state index in [0.29, 0.717) is 12.5 Å². The van der Waals surface area contributed by atoms with Crippen LogP contribution in [0.25, 0.3) is 0 Å². The molecule has 1 aromatic rings. The molecule has 2 saturated heterocycles. The Labute approximate surface area is 221 Å². The van der Waals surface area contributed by atoms with E-state index in [2.05, 4.69) is 25.5 Å². The molecule has 0 aromatic carbocycles. The summed E-state index contributed by atoms with van der Waals surface area (Å²) in [7, 11) is -0.494. The van der Waals surface area contributed by atoms with E-state index in [1.165, 1.54) is 0 Å². The smallest absolute Gasteiger partial charge is 0.444 e. The van der Waals surface area contributed by atoms with Gasteiger partial charge in [0.1, 0.15) is 11.6 Å². The van der Waals surface area contributed by atoms with E-state index >= 15 is 0 Å². The SMILES string of the molecule is CC(C)[C@@H](NC(=O)OC(C)(C)C)C(=O)NC[C@H]1CCCN(c2ncc(B3OC(C)(C)C(C)(C)O3)cn2)C1. The summed E-state index contributed by atoms with van der Waals surface area (Å²) in [6.07, 6.45) is 4.92. The number of nitrogens with one attached hydrogen (secondary N) is 2. The lowest BCUT2D eigenvalue weighted by Crippen LogP contribution is -2.52. The maximum atomic E-state index is 12.9. The van der Waals surface area contributed by atoms with Gasteiger partial charge in [-0.05, 0) is 73.1 Å². The van der Waals surface area contributed by atoms with Crippen molar-refractivity contribution in [1.29, 1.82) is 0 Å². The van der Waals surface area contributed by atoms with Gasteiger partial charge in [0, 0.05) is 37.5 Å². The second-order valence-corrected chi connectivity index (χ2v) is 12.5. The molecule has 37 heavy (non-hydrogen) atoms. The highest BCUT2D eigenvalue weighted by Gasteiger charge is 2.52. The Hall–Kier alpha value is -2.40. The fourth-order valence-electron chi connectivity index (χ4n) is 4.33. The number of carbonyl (C=O) groups excluding carboxylic acids is 2. The van der Waals surface area contributed by atoms with Crippen molar-refractivity contribution in [2.24, 2.45) is 11.8 Å². The second kappa shape index (κ2) is 11.1. The van der Waals surface area contributed by atoms with Gasteiger partial charge in [-0.2, -0.15) is 0 Å². The molecular weight excluding hydrogens is 473 g/mol. The number of ether oxygens (including phenoxy) is 1. The number of amides is 2. The lowest BCUT2D eigenvalue weighted by atomic mass is 9.81. The third-order valence-electron chi connectivity index (χ3n) is 7.17. The summed E-state index contributed by atoms with van der Waals surface area (Å²) in [6.45, 7) is 19.4. The van der Waals surface area contributed by atoms with Gasteiger partial charge in [-0.3, -0.25) is 4.79 Å². The minimum absolute atomic E-state index is 0.0775. The predicted octanol–water partition coefficient (Wildman–Crippen LogP) is 2.66. The Morgan fingerprint density at radius 2 is 1.76 bits per heavy atom. The van der Waals surface area contributed by atoms with Crippen molar-refractivity contribution in [2.75, 3.05) is 24.5 Å². The number of nitrogens with zero attached hydrogens (tertiary/aromatic N) is 3. The first kappa shape index (κ1) is 29.2. The highest BCUT2D eigenvalue weighted by molar-refractivity contribution is 6.61. The summed E-state index contributed by atoms with van der Waals surface area (Å²) in [5.41, 5.74) is -0.672. The number of rotatable bonds is 7. The molecule has 2 amide bonds. The van der Waals surface area contributed by atoms with Gasteiger partial charge >= 0.3 is 13.2 Å². The molecule has 3 heterocycles. The highest BCUT2D eigenvalue weighted by Crippen LogP contribution is 2.36. The van der Waals surface area contributed by atoms with Crippen LogP contribution in [0.4, 0.5) is 10.7 Å². The molecule has 11 heteroatoms. The molecule has 2 aliphatic rings. The first-order chi connectivity index (χ1) is 17.1. The summed E-state index contributed by atoms with van der Waals surface area (Å²) in [5, 5.41) is 5.74. The van der Waals surface area contributed by atoms with Crippen molar-refractivity contribution < 1.29 is 23.6 Å². The summed E-state index contributed by atoms with van der Waals surface area (Å²) in [6, 6.07) is -0.666. The lowest BCUT2D eigenvalue weighted by Gasteiger charge is -2.33. The average Bonchev–Trinajstić information content (AvgIpc) is 3.01. The van der Waals surface area contributed by atoms with E-state index < -0.39 is 36.1 Å². The number of carbonyl (C=O) groups is 2. The lowest BCUT2D eigenvalue weighted by molar-refractivity contribution is -0.124. The summed E-state index contributed by atoms with van der Waals surface area (Å²) in [4.78, 5) is 36.4. The van der Waals surface area contributed by atoms with E-state index in [9.17, 15) is 9.59 Å². The minimum Gasteiger partial charge on any atom is -0.444 e. The van der Waals surface area contributed by atoms with Gasteiger partial charge in [0.05, 0.1) is 11.2 Å². The molecule has 0 bridgehead atoms. The van der Waals surface area contributed by atoms with Gasteiger partial charge in [0.15, 0.2) is 0 Å². The molecule has 0 aliphatic carbocycles. The average molecular weight is 517 g/mol. The largest absolute Gasteiger partial charge is 0.498 e. The molecule has 0 saturated carbocycles. The molecule has 206 valence electrons. The van der Waals surface area contributed by atoms with Gasteiger partial charge in [0.25, 0.3) is 0 Å². The van der Waals surface area contributed by atoms with Crippen LogP contribution in [0.5, 0.6) is 0 Å². The fourth-order valence-corrected chi connectivity index (χ4v) is 4.33. The first-order valence-corrected chi connectivity index (χ1v) is 13.3. The van der Waals surface area contributed by atoms with Gasteiger partial charge in [-0.1, -0.05) is 13.8 Å². The molecule has 2 N–H and O–H groups in total. The molecule has 2 fully saturated rings. The van der Waals surface area contributed by atoms with Crippen molar-refractivity contribution >= 4 is 30.5 Å². The van der Waals surface area contributed by atoms with Crippen LogP contribution >= 0.6 is 0 Å². The van der Waals surface area contributed by atoms with Crippen LogP contribution in [0.1, 0.15) is 75.2 Å². The van der Waals surface area contributed by atoms with Crippen molar-refractivity contribution in [3.8, 4) is 0 Å². The maximum absolute atomic E-state index is 12.9. The van der Waals surface area contributed by atoms with Gasteiger partial charge in [-0.15, -0.1) is 0 Å². The number of aromatic nitrogens is 2. The number of piperidine rings is 1. The Morgan fingerprint density at radius 1 is 1.16 bits per heavy atom. The van der Waals surface area contributed by atoms with Crippen LogP contribution in [0.2, 0.25) is 0 Å². The monoisotopic (exact) mass is 517 g/mol. The molecule has 0 radical (unpaired) electrons. The number of anilines is 1. The standard InChI is InChI=1S/C26H44BN5O5/c1-17(2)20(31-23(34)35-24(3,4)5)21(33)28-13-18-11-10-12-32(16-18)22-29-14-19(15-30-22)27-36-25(6,7)26(8,9)37-27/h14-15,17-18,20H,10-13,16H2,1-9H3,(H,28,33)(H,31,34)/t18-,20-/m1/s1. The van der Waals surface area contributed by atoms with Crippen molar-refractivity contribution in [2.45, 2.75) is 98.0 Å². The number of hydrogen-bond donors (Lipinski definition) is 2. The van der Waals surface area contributed by atoms with Crippen LogP contribution in [0, 0.1) is 11.8 Å². The van der Waals surface area contributed by atoms with E-state index in [-0.39, 0.29) is 17.7 Å². The van der Waals surface area contributed by atoms with E-state index in [4.69, 9.17) is 14.0 Å². The van der Waals surface area contributed by atoms with Crippen molar-refractivity contribution in [3.63, 3.8) is 0 Å². The van der Waals surface area contributed by atoms with E-state index in [0.717, 1.165) is 31.4 Å². The Morgan fingerprint density at radius 3 is 2.30 bits per heavy atom. The molecule has 1 aromatic heterocycles. The second-order valence-electron chi connectivity index (χ2n) is 12.5. The van der Waals surface area contributed by atoms with E-state index in [1.807, 2.05) is 41.5 Å². The third kappa shape index (κ3) is 7.57. The van der Waals surface area contributed by atoms with Crippen molar-refractivity contribution in [3.05, 3.63) is 12.4 Å². The predicted molar refractivity (Wildman–Crippen MR) is 144 cm³/mol. The van der Waals surface area contributed by atoms with Crippen LogP contribution in [0.15, 0.2) is 12.4 Å². The zero-order chi connectivity index (χ0) is 27.6. The minimum atomic E-state index is -0.666. The summed E-state index contributed by atoms with van der Waals surface area (Å²) < 4.78 is 17.5. The molecular formula is C26H44BN5O5. The van der Waals surface area contributed by atoms with Crippen LogP contribution < -0.4 is 21.0 Å². The van der Waals surface area contributed by atoms with Crippen LogP contribution in [-0.4, -0.2) is 71.6 Å². The molecule has 3 rings (SSSR count). The van der Waals surface area contributed by atoms with E-state index in [1.54, 1.807) is 33.2 Å².